The van der Waals surface area contributed by atoms with Gasteiger partial charge in [0.05, 0.1) is 13.7 Å². The summed E-state index contributed by atoms with van der Waals surface area (Å²) in [6.45, 7) is 0.608. The second-order valence-electron chi connectivity index (χ2n) is 8.89. The van der Waals surface area contributed by atoms with Crippen molar-refractivity contribution in [1.82, 2.24) is 10.6 Å². The molecule has 0 spiro atoms. The molecule has 2 unspecified atom stereocenters. The first-order valence-corrected chi connectivity index (χ1v) is 12.0. The summed E-state index contributed by atoms with van der Waals surface area (Å²) in [7, 11) is 1.32. The molecule has 7 heteroatoms. The molecule has 7 nitrogen and oxygen atoms in total. The van der Waals surface area contributed by atoms with Crippen LogP contribution in [0.5, 0.6) is 5.75 Å². The van der Waals surface area contributed by atoms with Gasteiger partial charge in [-0.05, 0) is 49.3 Å². The molecule has 1 heterocycles. The molecule has 1 aromatic rings. The summed E-state index contributed by atoms with van der Waals surface area (Å²) < 4.78 is 10.8. The summed E-state index contributed by atoms with van der Waals surface area (Å²) in [5, 5.41) is 5.86. The highest BCUT2D eigenvalue weighted by molar-refractivity contribution is 5.91. The van der Waals surface area contributed by atoms with Crippen LogP contribution < -0.4 is 15.4 Å². The Balaban J connectivity index is 1.82. The van der Waals surface area contributed by atoms with Gasteiger partial charge >= 0.3 is 5.97 Å². The van der Waals surface area contributed by atoms with Crippen molar-refractivity contribution in [3.63, 3.8) is 0 Å². The lowest BCUT2D eigenvalue weighted by Crippen LogP contribution is -2.55. The molecule has 1 aliphatic carbocycles. The number of benzene rings is 1. The van der Waals surface area contributed by atoms with E-state index in [4.69, 9.17) is 9.47 Å². The zero-order valence-corrected chi connectivity index (χ0v) is 19.1. The quantitative estimate of drug-likeness (QED) is 0.683. The van der Waals surface area contributed by atoms with Crippen LogP contribution in [0.25, 0.3) is 0 Å². The molecular formula is C25H36N2O5. The van der Waals surface area contributed by atoms with Crippen LogP contribution in [0.3, 0.4) is 0 Å². The van der Waals surface area contributed by atoms with Crippen molar-refractivity contribution in [3.8, 4) is 5.75 Å². The van der Waals surface area contributed by atoms with Crippen LogP contribution in [0.2, 0.25) is 0 Å². The SMILES string of the molecule is COC(=O)C1Cc2cccc(c2)OCCCCCCC(=O)NC(C2CCCCC2)C(=O)N1. The van der Waals surface area contributed by atoms with E-state index >= 15 is 0 Å². The van der Waals surface area contributed by atoms with E-state index in [1.165, 1.54) is 7.11 Å². The first kappa shape index (κ1) is 24.1. The van der Waals surface area contributed by atoms with E-state index in [0.29, 0.717) is 19.4 Å². The molecule has 0 aromatic heterocycles. The van der Waals surface area contributed by atoms with Gasteiger partial charge in [-0.15, -0.1) is 0 Å². The van der Waals surface area contributed by atoms with Crippen LogP contribution in [-0.2, 0) is 25.5 Å². The highest BCUT2D eigenvalue weighted by Gasteiger charge is 2.33. The van der Waals surface area contributed by atoms with E-state index in [1.807, 2.05) is 24.3 Å². The third-order valence-corrected chi connectivity index (χ3v) is 6.43. The Hall–Kier alpha value is -2.57. The number of hydrogen-bond acceptors (Lipinski definition) is 5. The number of ether oxygens (including phenoxy) is 2. The maximum absolute atomic E-state index is 13.3. The Kier molecular flexibility index (Phi) is 9.38. The van der Waals surface area contributed by atoms with E-state index in [2.05, 4.69) is 10.6 Å². The molecule has 1 aromatic carbocycles. The van der Waals surface area contributed by atoms with Crippen molar-refractivity contribution in [3.05, 3.63) is 29.8 Å². The van der Waals surface area contributed by atoms with Gasteiger partial charge in [-0.25, -0.2) is 4.79 Å². The van der Waals surface area contributed by atoms with Crippen molar-refractivity contribution < 1.29 is 23.9 Å². The molecule has 32 heavy (non-hydrogen) atoms. The predicted molar refractivity (Wildman–Crippen MR) is 121 cm³/mol. The van der Waals surface area contributed by atoms with Gasteiger partial charge in [0.2, 0.25) is 11.8 Å². The molecule has 1 aliphatic heterocycles. The third kappa shape index (κ3) is 7.24. The zero-order chi connectivity index (χ0) is 22.8. The number of hydrogen-bond donors (Lipinski definition) is 2. The smallest absolute Gasteiger partial charge is 0.328 e. The lowest BCUT2D eigenvalue weighted by atomic mass is 9.83. The predicted octanol–water partition coefficient (Wildman–Crippen LogP) is 3.29. The normalized spacial score (nSPS) is 24.4. The van der Waals surface area contributed by atoms with Crippen molar-refractivity contribution in [2.45, 2.75) is 82.7 Å². The highest BCUT2D eigenvalue weighted by atomic mass is 16.5. The molecule has 2 bridgehead atoms. The van der Waals surface area contributed by atoms with Crippen LogP contribution in [0, 0.1) is 5.92 Å². The Labute approximate surface area is 190 Å². The summed E-state index contributed by atoms with van der Waals surface area (Å²) in [4.78, 5) is 38.4. The molecule has 2 amide bonds. The zero-order valence-electron chi connectivity index (χ0n) is 19.1. The number of carbonyl (C=O) groups is 3. The number of amides is 2. The standard InChI is InChI=1S/C25H36N2O5/c1-31-25(30)21-17-18-10-9-13-20(16-18)32-15-8-3-2-7-14-22(28)27-23(24(29)26-21)19-11-5-4-6-12-19/h9-10,13,16,19,21,23H,2-8,11-12,14-15,17H2,1H3,(H,26,29)(H,27,28). The largest absolute Gasteiger partial charge is 0.494 e. The average molecular weight is 445 g/mol. The summed E-state index contributed by atoms with van der Waals surface area (Å²) >= 11 is 0. The number of fused-ring (bicyclic) bond motifs is 2. The molecule has 3 rings (SSSR count). The van der Waals surface area contributed by atoms with E-state index in [9.17, 15) is 14.4 Å². The van der Waals surface area contributed by atoms with Crippen LogP contribution in [-0.4, -0.2) is 43.6 Å². The van der Waals surface area contributed by atoms with Gasteiger partial charge in [-0.3, -0.25) is 9.59 Å². The fourth-order valence-electron chi connectivity index (χ4n) is 4.64. The van der Waals surface area contributed by atoms with Gasteiger partial charge in [0, 0.05) is 12.8 Å². The first-order valence-electron chi connectivity index (χ1n) is 12.0. The Morgan fingerprint density at radius 3 is 2.53 bits per heavy atom. The summed E-state index contributed by atoms with van der Waals surface area (Å²) in [6, 6.07) is 6.14. The summed E-state index contributed by atoms with van der Waals surface area (Å²) in [5.74, 6) is -0.0743. The van der Waals surface area contributed by atoms with E-state index in [-0.39, 0.29) is 17.7 Å². The Bertz CT molecular complexity index is 775. The van der Waals surface area contributed by atoms with Gasteiger partial charge in [-0.1, -0.05) is 44.2 Å². The molecule has 2 aliphatic rings. The van der Waals surface area contributed by atoms with Crippen molar-refractivity contribution in [1.29, 1.82) is 0 Å². The van der Waals surface area contributed by atoms with Gasteiger partial charge in [0.15, 0.2) is 0 Å². The number of rotatable bonds is 2. The average Bonchev–Trinajstić information content (AvgIpc) is 2.81. The minimum atomic E-state index is -0.832. The second kappa shape index (κ2) is 12.5. The fourth-order valence-corrected chi connectivity index (χ4v) is 4.64. The molecule has 0 radical (unpaired) electrons. The minimum absolute atomic E-state index is 0.0878. The molecule has 0 saturated heterocycles. The van der Waals surface area contributed by atoms with E-state index < -0.39 is 18.1 Å². The van der Waals surface area contributed by atoms with Gasteiger partial charge in [-0.2, -0.15) is 0 Å². The molecule has 176 valence electrons. The first-order chi connectivity index (χ1) is 15.6. The molecule has 1 saturated carbocycles. The van der Waals surface area contributed by atoms with Crippen LogP contribution >= 0.6 is 0 Å². The Morgan fingerprint density at radius 2 is 1.75 bits per heavy atom. The topological polar surface area (TPSA) is 93.7 Å². The lowest BCUT2D eigenvalue weighted by molar-refractivity contribution is -0.145. The number of esters is 1. The monoisotopic (exact) mass is 444 g/mol. The van der Waals surface area contributed by atoms with Crippen LogP contribution in [0.4, 0.5) is 0 Å². The van der Waals surface area contributed by atoms with Gasteiger partial charge in [0.1, 0.15) is 17.8 Å². The molecule has 1 fully saturated rings. The van der Waals surface area contributed by atoms with Crippen molar-refractivity contribution in [2.24, 2.45) is 5.92 Å². The number of methoxy groups -OCH3 is 1. The van der Waals surface area contributed by atoms with E-state index in [0.717, 1.165) is 69.1 Å². The van der Waals surface area contributed by atoms with Crippen molar-refractivity contribution >= 4 is 17.8 Å². The third-order valence-electron chi connectivity index (χ3n) is 6.43. The molecule has 2 N–H and O–H groups in total. The second-order valence-corrected chi connectivity index (χ2v) is 8.89. The molecule has 2 atom stereocenters. The number of carbonyl (C=O) groups excluding carboxylic acids is 3. The summed E-state index contributed by atoms with van der Waals surface area (Å²) in [6.07, 6.45) is 9.40. The highest BCUT2D eigenvalue weighted by Crippen LogP contribution is 2.27. The Morgan fingerprint density at radius 1 is 1.00 bits per heavy atom. The van der Waals surface area contributed by atoms with Crippen molar-refractivity contribution in [2.75, 3.05) is 13.7 Å². The van der Waals surface area contributed by atoms with Crippen LogP contribution in [0.1, 0.15) is 69.8 Å². The maximum Gasteiger partial charge on any atom is 0.328 e. The molecular weight excluding hydrogens is 408 g/mol. The number of nitrogens with one attached hydrogen (secondary N) is 2. The van der Waals surface area contributed by atoms with Gasteiger partial charge in [0.25, 0.3) is 0 Å². The summed E-state index contributed by atoms with van der Waals surface area (Å²) in [5.41, 5.74) is 0.876. The lowest BCUT2D eigenvalue weighted by Gasteiger charge is -2.31. The van der Waals surface area contributed by atoms with Gasteiger partial charge < -0.3 is 20.1 Å². The fraction of sp³-hybridized carbons (Fsp3) is 0.640. The van der Waals surface area contributed by atoms with Crippen LogP contribution in [0.15, 0.2) is 24.3 Å². The van der Waals surface area contributed by atoms with E-state index in [1.54, 1.807) is 0 Å². The minimum Gasteiger partial charge on any atom is -0.494 e. The maximum atomic E-state index is 13.3.